The highest BCUT2D eigenvalue weighted by Crippen LogP contribution is 2.54. The van der Waals surface area contributed by atoms with Crippen molar-refractivity contribution in [3.05, 3.63) is 95.7 Å². The topological polar surface area (TPSA) is 55.9 Å². The van der Waals surface area contributed by atoms with Gasteiger partial charge in [-0.3, -0.25) is 9.55 Å². The number of aromatic nitrogens is 4. The van der Waals surface area contributed by atoms with Gasteiger partial charge in [-0.05, 0) is 85.8 Å². The number of rotatable bonds is 2. The lowest BCUT2D eigenvalue weighted by Gasteiger charge is -2.48. The van der Waals surface area contributed by atoms with E-state index in [9.17, 15) is 5.11 Å². The van der Waals surface area contributed by atoms with Gasteiger partial charge in [0.1, 0.15) is 11.6 Å². The number of phenols is 1. The summed E-state index contributed by atoms with van der Waals surface area (Å²) in [6, 6.07) is 25.4. The molecular weight excluding hydrogens is 516 g/mol. The van der Waals surface area contributed by atoms with E-state index in [0.29, 0.717) is 0 Å². The van der Waals surface area contributed by atoms with E-state index in [1.54, 1.807) is 6.07 Å². The minimum atomic E-state index is -0.326. The van der Waals surface area contributed by atoms with Gasteiger partial charge in [-0.15, -0.1) is 0 Å². The molecule has 0 saturated carbocycles. The quantitative estimate of drug-likeness (QED) is 0.232. The average Bonchev–Trinajstić information content (AvgIpc) is 3.47. The van der Waals surface area contributed by atoms with Crippen LogP contribution in [0, 0.1) is 6.92 Å². The molecule has 1 aliphatic rings. The van der Waals surface area contributed by atoms with Gasteiger partial charge in [0, 0.05) is 28.2 Å². The SMILES string of the molecule is Cc1ccc2c(c1)c1c(nc3n1C(C)(C)C(C)(C)c1cccc(O)c1-3)n2-c1cc(-c2ccccn2)cc(C(C)(C)C)c1. The summed E-state index contributed by atoms with van der Waals surface area (Å²) in [5.41, 5.74) is 9.89. The smallest absolute Gasteiger partial charge is 0.164 e. The zero-order valence-corrected chi connectivity index (χ0v) is 25.7. The van der Waals surface area contributed by atoms with Crippen LogP contribution in [-0.4, -0.2) is 24.2 Å². The third-order valence-corrected chi connectivity index (χ3v) is 9.75. The zero-order valence-electron chi connectivity index (χ0n) is 25.7. The Hall–Kier alpha value is -4.38. The van der Waals surface area contributed by atoms with Crippen molar-refractivity contribution in [2.45, 2.75) is 71.8 Å². The van der Waals surface area contributed by atoms with Gasteiger partial charge >= 0.3 is 0 Å². The first-order valence-corrected chi connectivity index (χ1v) is 14.7. The van der Waals surface area contributed by atoms with Gasteiger partial charge in [0.05, 0.1) is 27.8 Å². The maximum atomic E-state index is 11.2. The van der Waals surface area contributed by atoms with Crippen molar-refractivity contribution in [2.24, 2.45) is 0 Å². The van der Waals surface area contributed by atoms with Gasteiger partial charge in [-0.2, -0.15) is 0 Å². The molecule has 3 aromatic heterocycles. The van der Waals surface area contributed by atoms with Crippen LogP contribution in [0.4, 0.5) is 0 Å². The Kier molecular flexibility index (Phi) is 5.41. The van der Waals surface area contributed by atoms with Crippen molar-refractivity contribution in [3.8, 4) is 34.1 Å². The molecule has 0 amide bonds. The Morgan fingerprint density at radius 2 is 1.64 bits per heavy atom. The molecule has 0 saturated heterocycles. The fourth-order valence-corrected chi connectivity index (χ4v) is 6.69. The number of hydrogen-bond donors (Lipinski definition) is 1. The van der Waals surface area contributed by atoms with Crippen LogP contribution in [-0.2, 0) is 16.4 Å². The van der Waals surface area contributed by atoms with Crippen molar-refractivity contribution < 1.29 is 5.11 Å². The molecule has 3 aromatic carbocycles. The molecule has 5 nitrogen and oxygen atoms in total. The van der Waals surface area contributed by atoms with E-state index >= 15 is 0 Å². The van der Waals surface area contributed by atoms with Crippen LogP contribution in [0.2, 0.25) is 0 Å². The number of pyridine rings is 1. The van der Waals surface area contributed by atoms with E-state index in [-0.39, 0.29) is 22.1 Å². The number of aryl methyl sites for hydroxylation is 1. The van der Waals surface area contributed by atoms with Gasteiger partial charge in [0.2, 0.25) is 0 Å². The van der Waals surface area contributed by atoms with Gasteiger partial charge in [-0.25, -0.2) is 4.98 Å². The highest BCUT2D eigenvalue weighted by atomic mass is 16.3. The van der Waals surface area contributed by atoms with Crippen LogP contribution < -0.4 is 0 Å². The van der Waals surface area contributed by atoms with E-state index in [1.165, 1.54) is 11.1 Å². The molecule has 0 atom stereocenters. The maximum absolute atomic E-state index is 11.2. The fourth-order valence-electron chi connectivity index (χ4n) is 6.69. The summed E-state index contributed by atoms with van der Waals surface area (Å²) in [6.45, 7) is 18.0. The van der Waals surface area contributed by atoms with Crippen molar-refractivity contribution >= 4 is 22.1 Å². The Morgan fingerprint density at radius 3 is 2.36 bits per heavy atom. The molecule has 0 spiro atoms. The van der Waals surface area contributed by atoms with Crippen LogP contribution in [0.25, 0.3) is 50.4 Å². The van der Waals surface area contributed by atoms with Gasteiger partial charge in [-0.1, -0.05) is 64.4 Å². The first-order valence-electron chi connectivity index (χ1n) is 14.7. The van der Waals surface area contributed by atoms with Crippen LogP contribution >= 0.6 is 0 Å². The summed E-state index contributed by atoms with van der Waals surface area (Å²) in [7, 11) is 0. The van der Waals surface area contributed by atoms with E-state index in [4.69, 9.17) is 9.97 Å². The molecule has 0 radical (unpaired) electrons. The minimum Gasteiger partial charge on any atom is -0.507 e. The number of imidazole rings is 1. The third kappa shape index (κ3) is 3.55. The van der Waals surface area contributed by atoms with Crippen LogP contribution in [0.1, 0.15) is 65.2 Å². The summed E-state index contributed by atoms with van der Waals surface area (Å²) in [5.74, 6) is 1.08. The molecule has 4 heterocycles. The lowest BCUT2D eigenvalue weighted by atomic mass is 9.65. The molecule has 0 aliphatic carbocycles. The number of hydrogen-bond acceptors (Lipinski definition) is 3. The summed E-state index contributed by atoms with van der Waals surface area (Å²) < 4.78 is 4.69. The lowest BCUT2D eigenvalue weighted by molar-refractivity contribution is 0.201. The minimum absolute atomic E-state index is 0.0671. The van der Waals surface area contributed by atoms with Crippen LogP contribution in [0.5, 0.6) is 5.75 Å². The highest BCUT2D eigenvalue weighted by molar-refractivity contribution is 6.08. The summed E-state index contributed by atoms with van der Waals surface area (Å²) in [5, 5.41) is 12.4. The first-order chi connectivity index (χ1) is 19.8. The molecule has 1 N–H and O–H groups in total. The normalized spacial score (nSPS) is 15.6. The Morgan fingerprint density at radius 1 is 0.857 bits per heavy atom. The standard InChI is InChI=1S/C37H38N4O/c1-22-15-16-29-26(18-22)32-34(39-33-31-27(12-11-14-30(31)42)36(5,6)37(7,8)41(32)33)40(29)25-20-23(28-13-9-10-17-38-28)19-24(21-25)35(2,3)4/h9-21,42H,1-8H3. The summed E-state index contributed by atoms with van der Waals surface area (Å²) in [4.78, 5) is 10.1. The molecule has 5 heteroatoms. The second-order valence-electron chi connectivity index (χ2n) is 13.9. The molecule has 42 heavy (non-hydrogen) atoms. The van der Waals surface area contributed by atoms with Gasteiger partial charge in [0.15, 0.2) is 5.65 Å². The number of aromatic hydroxyl groups is 1. The monoisotopic (exact) mass is 554 g/mol. The second kappa shape index (κ2) is 8.57. The predicted octanol–water partition coefficient (Wildman–Crippen LogP) is 9.05. The van der Waals surface area contributed by atoms with E-state index in [1.807, 2.05) is 24.4 Å². The largest absolute Gasteiger partial charge is 0.507 e. The number of phenolic OH excluding ortho intramolecular Hbond substituents is 1. The highest BCUT2D eigenvalue weighted by Gasteiger charge is 2.48. The van der Waals surface area contributed by atoms with Gasteiger partial charge < -0.3 is 9.67 Å². The third-order valence-electron chi connectivity index (χ3n) is 9.75. The van der Waals surface area contributed by atoms with Crippen molar-refractivity contribution in [3.63, 3.8) is 0 Å². The van der Waals surface area contributed by atoms with E-state index in [0.717, 1.165) is 56.0 Å². The van der Waals surface area contributed by atoms with Crippen LogP contribution in [0.15, 0.2) is 79.0 Å². The molecule has 7 rings (SSSR count). The zero-order chi connectivity index (χ0) is 29.8. The van der Waals surface area contributed by atoms with Crippen molar-refractivity contribution in [2.75, 3.05) is 0 Å². The van der Waals surface area contributed by atoms with Crippen molar-refractivity contribution in [1.82, 2.24) is 19.1 Å². The Balaban J connectivity index is 1.65. The summed E-state index contributed by atoms with van der Waals surface area (Å²) >= 11 is 0. The average molecular weight is 555 g/mol. The van der Waals surface area contributed by atoms with Gasteiger partial charge in [0.25, 0.3) is 0 Å². The number of benzene rings is 3. The molecule has 0 unspecified atom stereocenters. The molecule has 0 bridgehead atoms. The number of nitrogens with zero attached hydrogens (tertiary/aromatic N) is 4. The molecular formula is C37H38N4O. The summed E-state index contributed by atoms with van der Waals surface area (Å²) in [6.07, 6.45) is 1.85. The molecule has 1 aliphatic heterocycles. The molecule has 0 fully saturated rings. The number of fused-ring (bicyclic) bond motifs is 7. The Bertz CT molecular complexity index is 2030. The first kappa shape index (κ1) is 26.5. The second-order valence-corrected chi connectivity index (χ2v) is 13.9. The van der Waals surface area contributed by atoms with E-state index < -0.39 is 0 Å². The fraction of sp³-hybridized carbons (Fsp3) is 0.297. The maximum Gasteiger partial charge on any atom is 0.164 e. The van der Waals surface area contributed by atoms with E-state index in [2.05, 4.69) is 113 Å². The molecule has 6 aromatic rings. The van der Waals surface area contributed by atoms with Crippen LogP contribution in [0.3, 0.4) is 0 Å². The van der Waals surface area contributed by atoms with Crippen molar-refractivity contribution in [1.29, 1.82) is 0 Å². The molecule has 212 valence electrons. The lowest BCUT2D eigenvalue weighted by Crippen LogP contribution is -2.48. The predicted molar refractivity (Wildman–Crippen MR) is 173 cm³/mol. The Labute approximate surface area is 247 Å².